The zero-order chi connectivity index (χ0) is 12.0. The monoisotopic (exact) mass is 248 g/mol. The smallest absolute Gasteiger partial charge is 0.151 e. The molecule has 1 heterocycles. The van der Waals surface area contributed by atoms with Gasteiger partial charge in [-0.2, -0.15) is 0 Å². The Morgan fingerprint density at radius 1 is 1.31 bits per heavy atom. The molecule has 1 fully saturated rings. The molecule has 0 radical (unpaired) electrons. The molecule has 1 unspecified atom stereocenters. The molecule has 0 spiro atoms. The van der Waals surface area contributed by atoms with Crippen LogP contribution in [0.15, 0.2) is 0 Å². The number of rotatable bonds is 5. The van der Waals surface area contributed by atoms with Crippen LogP contribution in [-0.4, -0.2) is 57.0 Å². The highest BCUT2D eigenvalue weighted by atomic mass is 32.2. The molecule has 0 bridgehead atoms. The Morgan fingerprint density at radius 2 is 2.06 bits per heavy atom. The van der Waals surface area contributed by atoms with E-state index in [0.717, 1.165) is 32.5 Å². The Bertz CT molecular complexity index is 290. The van der Waals surface area contributed by atoms with Crippen molar-refractivity contribution in [2.24, 2.45) is 0 Å². The van der Waals surface area contributed by atoms with E-state index in [9.17, 15) is 8.42 Å². The van der Waals surface area contributed by atoms with Gasteiger partial charge in [-0.1, -0.05) is 6.92 Å². The highest BCUT2D eigenvalue weighted by Crippen LogP contribution is 2.08. The zero-order valence-corrected chi connectivity index (χ0v) is 11.2. The maximum Gasteiger partial charge on any atom is 0.151 e. The summed E-state index contributed by atoms with van der Waals surface area (Å²) in [6.45, 7) is 7.91. The van der Waals surface area contributed by atoms with Crippen LogP contribution in [-0.2, 0) is 9.84 Å². The van der Waals surface area contributed by atoms with Gasteiger partial charge in [-0.05, 0) is 32.9 Å². The average molecular weight is 248 g/mol. The molecule has 1 aliphatic heterocycles. The van der Waals surface area contributed by atoms with Crippen LogP contribution in [0.1, 0.15) is 26.7 Å². The van der Waals surface area contributed by atoms with Crippen molar-refractivity contribution in [2.75, 3.05) is 37.7 Å². The maximum atomic E-state index is 11.5. The molecule has 16 heavy (non-hydrogen) atoms. The van der Waals surface area contributed by atoms with Gasteiger partial charge in [0, 0.05) is 19.1 Å². The lowest BCUT2D eigenvalue weighted by Crippen LogP contribution is -2.42. The van der Waals surface area contributed by atoms with Gasteiger partial charge in [-0.25, -0.2) is 8.42 Å². The van der Waals surface area contributed by atoms with Crippen LogP contribution in [0.25, 0.3) is 0 Å². The molecular weight excluding hydrogens is 224 g/mol. The van der Waals surface area contributed by atoms with Gasteiger partial charge in [-0.3, -0.25) is 4.90 Å². The Hall–Kier alpha value is -0.130. The molecule has 5 heteroatoms. The Morgan fingerprint density at radius 3 is 2.75 bits per heavy atom. The second-order valence-electron chi connectivity index (χ2n) is 4.59. The fourth-order valence-corrected chi connectivity index (χ4v) is 3.30. The molecule has 0 aromatic rings. The molecule has 1 saturated heterocycles. The van der Waals surface area contributed by atoms with E-state index in [1.165, 1.54) is 0 Å². The molecule has 1 rings (SSSR count). The van der Waals surface area contributed by atoms with Crippen molar-refractivity contribution in [3.8, 4) is 0 Å². The summed E-state index contributed by atoms with van der Waals surface area (Å²) in [5.41, 5.74) is 0. The third-order valence-electron chi connectivity index (χ3n) is 3.08. The van der Waals surface area contributed by atoms with Gasteiger partial charge in [0.05, 0.1) is 11.5 Å². The van der Waals surface area contributed by atoms with Crippen LogP contribution >= 0.6 is 0 Å². The van der Waals surface area contributed by atoms with Crippen molar-refractivity contribution in [1.29, 1.82) is 0 Å². The van der Waals surface area contributed by atoms with Gasteiger partial charge < -0.3 is 5.32 Å². The van der Waals surface area contributed by atoms with Crippen LogP contribution < -0.4 is 5.32 Å². The minimum absolute atomic E-state index is 0.325. The third-order valence-corrected chi connectivity index (χ3v) is 4.80. The van der Waals surface area contributed by atoms with Gasteiger partial charge in [0.2, 0.25) is 0 Å². The molecule has 0 aromatic heterocycles. The molecule has 0 amide bonds. The van der Waals surface area contributed by atoms with E-state index in [2.05, 4.69) is 24.1 Å². The van der Waals surface area contributed by atoms with Gasteiger partial charge in [0.15, 0.2) is 9.84 Å². The molecule has 1 atom stereocenters. The van der Waals surface area contributed by atoms with Crippen LogP contribution in [0.2, 0.25) is 0 Å². The molecule has 0 saturated carbocycles. The predicted octanol–water partition coefficient (Wildman–Crippen LogP) is 0.495. The van der Waals surface area contributed by atoms with Gasteiger partial charge >= 0.3 is 0 Å². The highest BCUT2D eigenvalue weighted by molar-refractivity contribution is 7.91. The second-order valence-corrected chi connectivity index (χ2v) is 6.90. The van der Waals surface area contributed by atoms with E-state index < -0.39 is 9.84 Å². The first-order valence-electron chi connectivity index (χ1n) is 6.20. The normalized spacial score (nSPS) is 23.9. The van der Waals surface area contributed by atoms with E-state index in [-0.39, 0.29) is 0 Å². The first-order valence-corrected chi connectivity index (χ1v) is 8.02. The summed E-state index contributed by atoms with van der Waals surface area (Å²) in [6, 6.07) is 0.430. The van der Waals surface area contributed by atoms with Crippen molar-refractivity contribution in [2.45, 2.75) is 32.7 Å². The van der Waals surface area contributed by atoms with Crippen LogP contribution in [0.3, 0.4) is 0 Å². The van der Waals surface area contributed by atoms with Crippen molar-refractivity contribution in [1.82, 2.24) is 10.2 Å². The summed E-state index contributed by atoms with van der Waals surface area (Å²) in [7, 11) is -2.77. The van der Waals surface area contributed by atoms with E-state index in [1.54, 1.807) is 0 Å². The van der Waals surface area contributed by atoms with E-state index in [4.69, 9.17) is 0 Å². The lowest BCUT2D eigenvalue weighted by atomic mass is 10.2. The van der Waals surface area contributed by atoms with E-state index in [1.807, 2.05) is 0 Å². The number of hydrogen-bond donors (Lipinski definition) is 1. The largest absolute Gasteiger partial charge is 0.315 e. The summed E-state index contributed by atoms with van der Waals surface area (Å²) in [6.07, 6.45) is 1.92. The standard InChI is InChI=1S/C11H24N2O2S/c1-3-5-12-10-11(2)13-6-4-8-16(14,15)9-7-13/h11-12H,3-10H2,1-2H3. The quantitative estimate of drug-likeness (QED) is 0.720. The van der Waals surface area contributed by atoms with Crippen LogP contribution in [0.4, 0.5) is 0 Å². The number of sulfone groups is 1. The van der Waals surface area contributed by atoms with Crippen molar-refractivity contribution >= 4 is 9.84 Å². The fourth-order valence-electron chi connectivity index (χ4n) is 2.02. The van der Waals surface area contributed by atoms with Crippen LogP contribution in [0, 0.1) is 0 Å². The first kappa shape index (κ1) is 13.9. The topological polar surface area (TPSA) is 49.4 Å². The average Bonchev–Trinajstić information content (AvgIpc) is 2.39. The molecule has 0 aromatic carbocycles. The van der Waals surface area contributed by atoms with Gasteiger partial charge in [0.25, 0.3) is 0 Å². The first-order chi connectivity index (χ1) is 7.55. The maximum absolute atomic E-state index is 11.5. The zero-order valence-electron chi connectivity index (χ0n) is 10.4. The molecule has 1 aliphatic rings. The predicted molar refractivity (Wildman–Crippen MR) is 67.5 cm³/mol. The number of nitrogens with zero attached hydrogens (tertiary/aromatic N) is 1. The minimum Gasteiger partial charge on any atom is -0.315 e. The van der Waals surface area contributed by atoms with E-state index in [0.29, 0.717) is 24.1 Å². The Labute approximate surface area is 99.3 Å². The summed E-state index contributed by atoms with van der Waals surface area (Å²) in [4.78, 5) is 2.28. The second kappa shape index (κ2) is 6.57. The minimum atomic E-state index is -2.77. The third kappa shape index (κ3) is 4.80. The molecule has 96 valence electrons. The lowest BCUT2D eigenvalue weighted by molar-refractivity contribution is 0.220. The molecule has 1 N–H and O–H groups in total. The molecular formula is C11H24N2O2S. The highest BCUT2D eigenvalue weighted by Gasteiger charge is 2.21. The van der Waals surface area contributed by atoms with Crippen LogP contribution in [0.5, 0.6) is 0 Å². The van der Waals surface area contributed by atoms with Crippen molar-refractivity contribution in [3.05, 3.63) is 0 Å². The van der Waals surface area contributed by atoms with Gasteiger partial charge in [0.1, 0.15) is 0 Å². The Kier molecular flexibility index (Phi) is 5.72. The summed E-state index contributed by atoms with van der Waals surface area (Å²) in [5, 5.41) is 3.38. The Balaban J connectivity index is 2.36. The fraction of sp³-hybridized carbons (Fsp3) is 1.00. The summed E-state index contributed by atoms with van der Waals surface area (Å²) >= 11 is 0. The lowest BCUT2D eigenvalue weighted by Gasteiger charge is -2.27. The van der Waals surface area contributed by atoms with Crippen molar-refractivity contribution < 1.29 is 8.42 Å². The van der Waals surface area contributed by atoms with E-state index >= 15 is 0 Å². The van der Waals surface area contributed by atoms with Gasteiger partial charge in [-0.15, -0.1) is 0 Å². The SMILES string of the molecule is CCCNCC(C)N1CCCS(=O)(=O)CC1. The van der Waals surface area contributed by atoms with Crippen molar-refractivity contribution in [3.63, 3.8) is 0 Å². The summed E-state index contributed by atoms with van der Waals surface area (Å²) in [5.74, 6) is 0.684. The summed E-state index contributed by atoms with van der Waals surface area (Å²) < 4.78 is 22.9. The number of hydrogen-bond acceptors (Lipinski definition) is 4. The molecule has 4 nitrogen and oxygen atoms in total. The molecule has 0 aliphatic carbocycles. The number of nitrogens with one attached hydrogen (secondary N) is 1.